The number of ketones is 1. The Morgan fingerprint density at radius 2 is 1.56 bits per heavy atom. The first-order valence-corrected chi connectivity index (χ1v) is 8.67. The second kappa shape index (κ2) is 7.19. The molecule has 1 heterocycles. The van der Waals surface area contributed by atoms with Gasteiger partial charge < -0.3 is 9.80 Å². The van der Waals surface area contributed by atoms with E-state index in [1.165, 1.54) is 0 Å². The van der Waals surface area contributed by atoms with Crippen LogP contribution in [0.25, 0.3) is 0 Å². The highest BCUT2D eigenvalue weighted by molar-refractivity contribution is 6.15. The van der Waals surface area contributed by atoms with E-state index in [9.17, 15) is 9.59 Å². The minimum Gasteiger partial charge on any atom is -0.334 e. The number of amides is 1. The molecule has 1 amide bonds. The maximum atomic E-state index is 13.1. The fourth-order valence-corrected chi connectivity index (χ4v) is 3.67. The number of nitrogens with zero attached hydrogens (tertiary/aromatic N) is 2. The van der Waals surface area contributed by atoms with Crippen molar-refractivity contribution in [2.75, 3.05) is 20.6 Å². The summed E-state index contributed by atoms with van der Waals surface area (Å²) in [6.07, 6.45) is 0.953. The van der Waals surface area contributed by atoms with Gasteiger partial charge in [-0.2, -0.15) is 0 Å². The maximum absolute atomic E-state index is 13.1. The van der Waals surface area contributed by atoms with Gasteiger partial charge in [-0.3, -0.25) is 9.59 Å². The first kappa shape index (κ1) is 17.4. The lowest BCUT2D eigenvalue weighted by atomic mass is 9.97. The lowest BCUT2D eigenvalue weighted by molar-refractivity contribution is 0.0717. The van der Waals surface area contributed by atoms with Crippen LogP contribution in [0.5, 0.6) is 0 Å². The molecule has 25 heavy (non-hydrogen) atoms. The van der Waals surface area contributed by atoms with Gasteiger partial charge in [-0.15, -0.1) is 0 Å². The van der Waals surface area contributed by atoms with Gasteiger partial charge in [0, 0.05) is 29.8 Å². The first-order chi connectivity index (χ1) is 12.0. The lowest BCUT2D eigenvalue weighted by Crippen LogP contribution is -2.42. The van der Waals surface area contributed by atoms with Crippen molar-refractivity contribution in [1.82, 2.24) is 9.80 Å². The third-order valence-electron chi connectivity index (χ3n) is 5.08. The van der Waals surface area contributed by atoms with Crippen LogP contribution in [-0.4, -0.2) is 54.2 Å². The minimum absolute atomic E-state index is 0.0586. The van der Waals surface area contributed by atoms with Gasteiger partial charge in [-0.25, -0.2) is 0 Å². The molecule has 0 aromatic heterocycles. The number of benzene rings is 2. The Hall–Kier alpha value is -2.46. The van der Waals surface area contributed by atoms with Crippen molar-refractivity contribution in [3.05, 3.63) is 71.3 Å². The van der Waals surface area contributed by atoms with Gasteiger partial charge in [0.05, 0.1) is 5.56 Å². The monoisotopic (exact) mass is 336 g/mol. The van der Waals surface area contributed by atoms with Crippen molar-refractivity contribution in [3.63, 3.8) is 0 Å². The fraction of sp³-hybridized carbons (Fsp3) is 0.333. The molecular weight excluding hydrogens is 312 g/mol. The number of hydrogen-bond acceptors (Lipinski definition) is 3. The molecule has 0 radical (unpaired) electrons. The summed E-state index contributed by atoms with van der Waals surface area (Å²) in [7, 11) is 4.09. The summed E-state index contributed by atoms with van der Waals surface area (Å²) in [5.41, 5.74) is 1.56. The molecule has 4 nitrogen and oxygen atoms in total. The second-order valence-electron chi connectivity index (χ2n) is 6.80. The first-order valence-electron chi connectivity index (χ1n) is 8.67. The third kappa shape index (κ3) is 3.35. The Morgan fingerprint density at radius 1 is 0.960 bits per heavy atom. The Kier molecular flexibility index (Phi) is 5.00. The van der Waals surface area contributed by atoms with Crippen LogP contribution in [0, 0.1) is 0 Å². The Labute approximate surface area is 149 Å². The van der Waals surface area contributed by atoms with E-state index in [1.807, 2.05) is 49.3 Å². The van der Waals surface area contributed by atoms with Crippen LogP contribution >= 0.6 is 0 Å². The molecule has 0 spiro atoms. The van der Waals surface area contributed by atoms with E-state index in [2.05, 4.69) is 11.8 Å². The molecule has 3 rings (SSSR count). The lowest BCUT2D eigenvalue weighted by Gasteiger charge is -2.28. The normalized spacial score (nSPS) is 20.1. The third-order valence-corrected chi connectivity index (χ3v) is 5.08. The largest absolute Gasteiger partial charge is 0.334 e. The van der Waals surface area contributed by atoms with E-state index >= 15 is 0 Å². The van der Waals surface area contributed by atoms with Crippen LogP contribution in [0.3, 0.4) is 0 Å². The molecule has 2 aromatic rings. The molecule has 1 fully saturated rings. The van der Waals surface area contributed by atoms with Crippen LogP contribution in [-0.2, 0) is 0 Å². The van der Waals surface area contributed by atoms with E-state index in [4.69, 9.17) is 0 Å². The molecule has 1 saturated heterocycles. The average Bonchev–Trinajstić information content (AvgIpc) is 3.03. The molecule has 0 aliphatic carbocycles. The molecule has 0 bridgehead atoms. The van der Waals surface area contributed by atoms with Crippen LogP contribution in [0.1, 0.15) is 39.6 Å². The summed E-state index contributed by atoms with van der Waals surface area (Å²) in [5, 5.41) is 0. The second-order valence-corrected chi connectivity index (χ2v) is 6.80. The van der Waals surface area contributed by atoms with Gasteiger partial charge >= 0.3 is 0 Å². The zero-order valence-electron chi connectivity index (χ0n) is 15.0. The molecule has 0 saturated carbocycles. The van der Waals surface area contributed by atoms with Crippen molar-refractivity contribution >= 4 is 11.7 Å². The average molecular weight is 336 g/mol. The van der Waals surface area contributed by atoms with E-state index < -0.39 is 0 Å². The summed E-state index contributed by atoms with van der Waals surface area (Å²) in [5.74, 6) is -0.169. The number of likely N-dealkylation sites (N-methyl/N-ethyl adjacent to an activating group) is 1. The van der Waals surface area contributed by atoms with E-state index in [0.29, 0.717) is 22.7 Å². The number of carbonyl (C=O) groups is 2. The summed E-state index contributed by atoms with van der Waals surface area (Å²) < 4.78 is 0. The van der Waals surface area contributed by atoms with Crippen molar-refractivity contribution in [3.8, 4) is 0 Å². The SMILES string of the molecule is C[C@@H]1[C@@H](N(C)C)CCN1C(=O)c1ccccc1C(=O)c1ccccc1. The van der Waals surface area contributed by atoms with E-state index in [0.717, 1.165) is 13.0 Å². The highest BCUT2D eigenvalue weighted by Gasteiger charge is 2.36. The highest BCUT2D eigenvalue weighted by atomic mass is 16.2. The molecule has 2 aromatic carbocycles. The summed E-state index contributed by atoms with van der Waals surface area (Å²) in [4.78, 5) is 30.1. The van der Waals surface area contributed by atoms with Crippen LogP contribution < -0.4 is 0 Å². The van der Waals surface area contributed by atoms with Crippen molar-refractivity contribution < 1.29 is 9.59 Å². The molecule has 2 atom stereocenters. The Balaban J connectivity index is 1.91. The topological polar surface area (TPSA) is 40.6 Å². The number of rotatable bonds is 4. The molecule has 130 valence electrons. The highest BCUT2D eigenvalue weighted by Crippen LogP contribution is 2.25. The summed E-state index contributed by atoms with van der Waals surface area (Å²) in [6.45, 7) is 2.80. The zero-order chi connectivity index (χ0) is 18.0. The molecule has 4 heteroatoms. The van der Waals surface area contributed by atoms with Crippen molar-refractivity contribution in [2.24, 2.45) is 0 Å². The zero-order valence-corrected chi connectivity index (χ0v) is 15.0. The van der Waals surface area contributed by atoms with Crippen LogP contribution in [0.2, 0.25) is 0 Å². The number of likely N-dealkylation sites (tertiary alicyclic amines) is 1. The summed E-state index contributed by atoms with van der Waals surface area (Å²) in [6, 6.07) is 16.7. The quantitative estimate of drug-likeness (QED) is 0.806. The van der Waals surface area contributed by atoms with Gasteiger partial charge in [0.1, 0.15) is 0 Å². The van der Waals surface area contributed by atoms with Gasteiger partial charge in [0.25, 0.3) is 5.91 Å². The fourth-order valence-electron chi connectivity index (χ4n) is 3.67. The predicted molar refractivity (Wildman–Crippen MR) is 98.9 cm³/mol. The van der Waals surface area contributed by atoms with E-state index in [-0.39, 0.29) is 17.7 Å². The number of carbonyl (C=O) groups excluding carboxylic acids is 2. The number of hydrogen-bond donors (Lipinski definition) is 0. The Morgan fingerprint density at radius 3 is 2.16 bits per heavy atom. The molecule has 1 aliphatic rings. The van der Waals surface area contributed by atoms with Crippen molar-refractivity contribution in [2.45, 2.75) is 25.4 Å². The molecule has 1 aliphatic heterocycles. The van der Waals surface area contributed by atoms with Crippen LogP contribution in [0.4, 0.5) is 0 Å². The molecule has 0 N–H and O–H groups in total. The smallest absolute Gasteiger partial charge is 0.254 e. The van der Waals surface area contributed by atoms with Gasteiger partial charge in [0.2, 0.25) is 0 Å². The van der Waals surface area contributed by atoms with E-state index in [1.54, 1.807) is 24.3 Å². The minimum atomic E-state index is -0.111. The molecular formula is C21H24N2O2. The maximum Gasteiger partial charge on any atom is 0.254 e. The predicted octanol–water partition coefficient (Wildman–Crippen LogP) is 3.08. The molecule has 0 unspecified atom stereocenters. The van der Waals surface area contributed by atoms with Crippen molar-refractivity contribution in [1.29, 1.82) is 0 Å². The van der Waals surface area contributed by atoms with Gasteiger partial charge in [-0.1, -0.05) is 48.5 Å². The van der Waals surface area contributed by atoms with Crippen LogP contribution in [0.15, 0.2) is 54.6 Å². The Bertz CT molecular complexity index is 770. The summed E-state index contributed by atoms with van der Waals surface area (Å²) >= 11 is 0. The van der Waals surface area contributed by atoms with Gasteiger partial charge in [-0.05, 0) is 33.5 Å². The standard InChI is InChI=1S/C21H24N2O2/c1-15-19(22(2)3)13-14-23(15)21(25)18-12-8-7-11-17(18)20(24)16-9-5-4-6-10-16/h4-12,15,19H,13-14H2,1-3H3/t15-,19+/m1/s1. The van der Waals surface area contributed by atoms with Gasteiger partial charge in [0.15, 0.2) is 5.78 Å².